The molecule has 0 atom stereocenters. The van der Waals surface area contributed by atoms with E-state index in [4.69, 9.17) is 4.98 Å². The van der Waals surface area contributed by atoms with Gasteiger partial charge in [-0.1, -0.05) is 109 Å². The number of hydrogen-bond acceptors (Lipinski definition) is 2. The van der Waals surface area contributed by atoms with Crippen LogP contribution in [0.3, 0.4) is 0 Å². The van der Waals surface area contributed by atoms with Gasteiger partial charge in [0.1, 0.15) is 0 Å². The van der Waals surface area contributed by atoms with E-state index < -0.39 is 0 Å². The fourth-order valence-electron chi connectivity index (χ4n) is 6.55. The van der Waals surface area contributed by atoms with Crippen molar-refractivity contribution in [2.75, 3.05) is 0 Å². The van der Waals surface area contributed by atoms with Gasteiger partial charge in [-0.3, -0.25) is 0 Å². The maximum Gasteiger partial charge on any atom is 0.0971 e. The summed E-state index contributed by atoms with van der Waals surface area (Å²) in [4.78, 5) is 5.33. The smallest absolute Gasteiger partial charge is 0.0971 e. The lowest BCUT2D eigenvalue weighted by atomic mass is 9.98. The van der Waals surface area contributed by atoms with Gasteiger partial charge in [-0.15, -0.1) is 11.3 Å². The summed E-state index contributed by atoms with van der Waals surface area (Å²) in [6, 6.07) is 56.5. The Hall–Kier alpha value is -5.51. The minimum atomic E-state index is 0.982. The van der Waals surface area contributed by atoms with Crippen molar-refractivity contribution in [3.05, 3.63) is 158 Å². The minimum absolute atomic E-state index is 0.982. The minimum Gasteiger partial charge on any atom is -0.307 e. The summed E-state index contributed by atoms with van der Waals surface area (Å²) in [5.41, 5.74) is 11.3. The van der Waals surface area contributed by atoms with E-state index in [1.54, 1.807) is 0 Å². The first-order chi connectivity index (χ1) is 21.8. The fourth-order valence-corrected chi connectivity index (χ4v) is 7.65. The third-order valence-electron chi connectivity index (χ3n) is 8.57. The molecule has 2 nitrogen and oxygen atoms in total. The van der Waals surface area contributed by atoms with Crippen molar-refractivity contribution in [2.24, 2.45) is 0 Å². The Morgan fingerprint density at radius 2 is 1.07 bits per heavy atom. The van der Waals surface area contributed by atoms with Crippen molar-refractivity contribution >= 4 is 53.4 Å². The topological polar surface area (TPSA) is 17.8 Å². The van der Waals surface area contributed by atoms with Crippen LogP contribution in [0.15, 0.2) is 158 Å². The highest BCUT2D eigenvalue weighted by atomic mass is 32.1. The molecule has 0 aliphatic carbocycles. The van der Waals surface area contributed by atoms with Gasteiger partial charge < -0.3 is 4.57 Å². The predicted octanol–water partition coefficient (Wildman–Crippen LogP) is 11.5. The second kappa shape index (κ2) is 10.0. The lowest BCUT2D eigenvalue weighted by Crippen LogP contribution is -1.97. The lowest BCUT2D eigenvalue weighted by molar-refractivity contribution is 1.18. The first kappa shape index (κ1) is 25.0. The normalized spacial score (nSPS) is 11.6. The highest BCUT2D eigenvalue weighted by Gasteiger charge is 2.20. The molecule has 3 heterocycles. The van der Waals surface area contributed by atoms with Crippen molar-refractivity contribution in [3.63, 3.8) is 0 Å². The van der Waals surface area contributed by atoms with Crippen LogP contribution in [0.25, 0.3) is 81.3 Å². The third-order valence-corrected chi connectivity index (χ3v) is 9.71. The van der Waals surface area contributed by atoms with Crippen LogP contribution in [0, 0.1) is 0 Å². The van der Waals surface area contributed by atoms with Crippen molar-refractivity contribution in [3.8, 4) is 39.2 Å². The summed E-state index contributed by atoms with van der Waals surface area (Å²) in [5, 5.41) is 3.74. The molecule has 0 fully saturated rings. The molecule has 9 rings (SSSR count). The molecule has 0 unspecified atom stereocenters. The van der Waals surface area contributed by atoms with E-state index in [1.165, 1.54) is 53.3 Å². The van der Waals surface area contributed by atoms with Gasteiger partial charge in [0.15, 0.2) is 0 Å². The molecule has 206 valence electrons. The number of fused-ring (bicyclic) bond motifs is 7. The molecule has 0 saturated carbocycles. The van der Waals surface area contributed by atoms with Crippen LogP contribution in [-0.2, 0) is 0 Å². The van der Waals surface area contributed by atoms with Crippen LogP contribution >= 0.6 is 11.3 Å². The average Bonchev–Trinajstić information content (AvgIpc) is 3.64. The van der Waals surface area contributed by atoms with Gasteiger partial charge in [-0.05, 0) is 70.8 Å². The fraction of sp³-hybridized carbons (Fsp3) is 0. The molecule has 0 amide bonds. The largest absolute Gasteiger partial charge is 0.307 e. The van der Waals surface area contributed by atoms with Gasteiger partial charge in [0.05, 0.1) is 22.2 Å². The van der Waals surface area contributed by atoms with E-state index in [2.05, 4.69) is 162 Å². The molecule has 0 aliphatic rings. The van der Waals surface area contributed by atoms with Crippen LogP contribution in [0.1, 0.15) is 0 Å². The Labute approximate surface area is 259 Å². The summed E-state index contributed by atoms with van der Waals surface area (Å²) in [7, 11) is 0. The number of hydrogen-bond donors (Lipinski definition) is 0. The summed E-state index contributed by atoms with van der Waals surface area (Å²) in [6.07, 6.45) is 0. The molecule has 0 bridgehead atoms. The quantitative estimate of drug-likeness (QED) is 0.203. The second-order valence-corrected chi connectivity index (χ2v) is 12.3. The zero-order valence-corrected chi connectivity index (χ0v) is 24.6. The van der Waals surface area contributed by atoms with Crippen LogP contribution in [0.2, 0.25) is 0 Å². The lowest BCUT2D eigenvalue weighted by Gasteiger charge is -2.14. The number of thiophene rings is 1. The van der Waals surface area contributed by atoms with Gasteiger partial charge in [-0.25, -0.2) is 4.98 Å². The molecule has 9 aromatic rings. The van der Waals surface area contributed by atoms with Crippen LogP contribution in [0.4, 0.5) is 0 Å². The first-order valence-corrected chi connectivity index (χ1v) is 15.7. The summed E-state index contributed by atoms with van der Waals surface area (Å²) < 4.78 is 5.04. The maximum atomic E-state index is 5.33. The van der Waals surface area contributed by atoms with Crippen LogP contribution in [-0.4, -0.2) is 9.55 Å². The van der Waals surface area contributed by atoms with E-state index in [0.29, 0.717) is 0 Å². The molecule has 44 heavy (non-hydrogen) atoms. The van der Waals surface area contributed by atoms with E-state index in [1.807, 2.05) is 11.3 Å². The molecule has 0 aliphatic heterocycles. The van der Waals surface area contributed by atoms with Crippen LogP contribution < -0.4 is 0 Å². The molecular weight excluding hydrogens is 553 g/mol. The molecule has 3 heteroatoms. The number of pyridine rings is 1. The summed E-state index contributed by atoms with van der Waals surface area (Å²) in [5.74, 6) is 0. The van der Waals surface area contributed by atoms with Crippen molar-refractivity contribution < 1.29 is 0 Å². The molecular formula is C41H26N2S. The zero-order chi connectivity index (χ0) is 29.0. The van der Waals surface area contributed by atoms with Crippen molar-refractivity contribution in [1.29, 1.82) is 0 Å². The van der Waals surface area contributed by atoms with E-state index in [0.717, 1.165) is 28.0 Å². The Morgan fingerprint density at radius 1 is 0.455 bits per heavy atom. The standard InChI is InChI=1S/C41H26N2S/c1-4-12-27(13-5-1)30-24-31(28-14-6-2-7-15-28)26-32(25-30)43-36-22-21-35(29-16-8-3-9-17-29)42-40(36)34-20-23-38-39(41(34)43)33-18-10-11-19-37(33)44-38/h1-26H. The average molecular weight is 579 g/mol. The number of benzene rings is 6. The molecule has 0 spiro atoms. The zero-order valence-electron chi connectivity index (χ0n) is 23.8. The van der Waals surface area contributed by atoms with E-state index in [9.17, 15) is 0 Å². The Kier molecular flexibility index (Phi) is 5.71. The van der Waals surface area contributed by atoms with Crippen molar-refractivity contribution in [2.45, 2.75) is 0 Å². The summed E-state index contributed by atoms with van der Waals surface area (Å²) in [6.45, 7) is 0. The maximum absolute atomic E-state index is 5.33. The van der Waals surface area contributed by atoms with Gasteiger partial charge in [0.2, 0.25) is 0 Å². The Morgan fingerprint density at radius 3 is 1.75 bits per heavy atom. The second-order valence-electron chi connectivity index (χ2n) is 11.2. The van der Waals surface area contributed by atoms with Crippen molar-refractivity contribution in [1.82, 2.24) is 9.55 Å². The summed E-state index contributed by atoms with van der Waals surface area (Å²) >= 11 is 1.86. The van der Waals surface area contributed by atoms with E-state index in [-0.39, 0.29) is 0 Å². The van der Waals surface area contributed by atoms with Gasteiger partial charge in [0, 0.05) is 36.8 Å². The molecule has 3 aromatic heterocycles. The molecule has 0 N–H and O–H groups in total. The number of nitrogens with zero attached hydrogens (tertiary/aromatic N) is 2. The molecule has 0 saturated heterocycles. The van der Waals surface area contributed by atoms with E-state index >= 15 is 0 Å². The van der Waals surface area contributed by atoms with Gasteiger partial charge in [0.25, 0.3) is 0 Å². The Bertz CT molecular complexity index is 2420. The van der Waals surface area contributed by atoms with Gasteiger partial charge in [-0.2, -0.15) is 0 Å². The molecule has 0 radical (unpaired) electrons. The van der Waals surface area contributed by atoms with Gasteiger partial charge >= 0.3 is 0 Å². The third kappa shape index (κ3) is 3.98. The molecule has 6 aromatic carbocycles. The monoisotopic (exact) mass is 578 g/mol. The Balaban J connectivity index is 1.43. The number of rotatable bonds is 4. The SMILES string of the molecule is c1ccc(-c2cc(-c3ccccc3)cc(-n3c4ccc(-c5ccccc5)nc4c4ccc5sc6ccccc6c5c43)c2)cc1. The highest BCUT2D eigenvalue weighted by Crippen LogP contribution is 2.44. The van der Waals surface area contributed by atoms with Crippen LogP contribution in [0.5, 0.6) is 0 Å². The first-order valence-electron chi connectivity index (χ1n) is 14.9. The number of aromatic nitrogens is 2. The highest BCUT2D eigenvalue weighted by molar-refractivity contribution is 7.26. The predicted molar refractivity (Wildman–Crippen MR) is 188 cm³/mol.